The van der Waals surface area contributed by atoms with Gasteiger partial charge in [-0.1, -0.05) is 43.5 Å². The Balaban J connectivity index is 1.30. The average molecular weight is 537 g/mol. The van der Waals surface area contributed by atoms with Crippen LogP contribution < -0.4 is 16.0 Å². The molecule has 0 aliphatic carbocycles. The molecular formula is C28H33ClN6O3. The van der Waals surface area contributed by atoms with E-state index in [0.717, 1.165) is 19.5 Å². The highest BCUT2D eigenvalue weighted by Gasteiger charge is 2.23. The van der Waals surface area contributed by atoms with Crippen molar-refractivity contribution in [2.45, 2.75) is 45.1 Å². The minimum Gasteiger partial charge on any atom is -0.349 e. The number of piperidine rings is 1. The van der Waals surface area contributed by atoms with Gasteiger partial charge in [0.25, 0.3) is 17.7 Å². The SMILES string of the molecule is CCCC1CCCCN1CCNC(=O)c1[nH]cnc1C(=O)Nc1ccc(NC(=O)c2ccccc2Cl)cc1. The second-order valence-electron chi connectivity index (χ2n) is 9.32. The topological polar surface area (TPSA) is 119 Å². The van der Waals surface area contributed by atoms with Gasteiger partial charge in [-0.2, -0.15) is 0 Å². The van der Waals surface area contributed by atoms with Crippen molar-refractivity contribution in [3.05, 3.63) is 76.8 Å². The van der Waals surface area contributed by atoms with Crippen LogP contribution in [0.3, 0.4) is 0 Å². The minimum atomic E-state index is -0.511. The number of aromatic nitrogens is 2. The Morgan fingerprint density at radius 1 is 1.00 bits per heavy atom. The third kappa shape index (κ3) is 6.99. The summed E-state index contributed by atoms with van der Waals surface area (Å²) in [6, 6.07) is 14.0. The molecule has 3 amide bonds. The molecule has 1 aliphatic rings. The molecule has 0 saturated carbocycles. The molecule has 4 rings (SSSR count). The Kier molecular flexibility index (Phi) is 9.51. The number of nitrogens with one attached hydrogen (secondary N) is 4. The largest absolute Gasteiger partial charge is 0.349 e. The number of hydrogen-bond donors (Lipinski definition) is 4. The van der Waals surface area contributed by atoms with Crippen molar-refractivity contribution in [3.8, 4) is 0 Å². The van der Waals surface area contributed by atoms with E-state index in [2.05, 4.69) is 37.7 Å². The first kappa shape index (κ1) is 27.3. The molecule has 2 aromatic carbocycles. The third-order valence-electron chi connectivity index (χ3n) is 6.66. The van der Waals surface area contributed by atoms with Crippen molar-refractivity contribution in [3.63, 3.8) is 0 Å². The highest BCUT2D eigenvalue weighted by atomic mass is 35.5. The van der Waals surface area contributed by atoms with Crippen LogP contribution in [0.2, 0.25) is 5.02 Å². The summed E-state index contributed by atoms with van der Waals surface area (Å²) in [5.41, 5.74) is 1.54. The van der Waals surface area contributed by atoms with Crippen molar-refractivity contribution in [1.82, 2.24) is 20.2 Å². The van der Waals surface area contributed by atoms with Gasteiger partial charge in [0.15, 0.2) is 5.69 Å². The van der Waals surface area contributed by atoms with Gasteiger partial charge in [0, 0.05) is 30.5 Å². The summed E-state index contributed by atoms with van der Waals surface area (Å²) in [7, 11) is 0. The number of amides is 3. The number of anilines is 2. The first-order valence-electron chi connectivity index (χ1n) is 13.0. The van der Waals surface area contributed by atoms with E-state index in [-0.39, 0.29) is 23.2 Å². The molecule has 10 heteroatoms. The van der Waals surface area contributed by atoms with Crippen LogP contribution in [0.4, 0.5) is 11.4 Å². The van der Waals surface area contributed by atoms with E-state index in [4.69, 9.17) is 11.6 Å². The second-order valence-corrected chi connectivity index (χ2v) is 9.73. The molecule has 1 atom stereocenters. The van der Waals surface area contributed by atoms with Gasteiger partial charge in [0.1, 0.15) is 5.69 Å². The number of nitrogens with zero attached hydrogens (tertiary/aromatic N) is 2. The second kappa shape index (κ2) is 13.2. The summed E-state index contributed by atoms with van der Waals surface area (Å²) in [4.78, 5) is 47.4. The quantitative estimate of drug-likeness (QED) is 0.292. The van der Waals surface area contributed by atoms with E-state index in [0.29, 0.717) is 34.5 Å². The summed E-state index contributed by atoms with van der Waals surface area (Å²) in [6.07, 6.45) is 7.32. The molecule has 1 fully saturated rings. The number of rotatable bonds is 10. The number of aromatic amines is 1. The van der Waals surface area contributed by atoms with Gasteiger partial charge in [-0.25, -0.2) is 4.98 Å². The van der Waals surface area contributed by atoms with Crippen LogP contribution in [-0.2, 0) is 0 Å². The Bertz CT molecular complexity index is 1260. The number of halogens is 1. The van der Waals surface area contributed by atoms with Gasteiger partial charge in [-0.15, -0.1) is 0 Å². The van der Waals surface area contributed by atoms with Crippen molar-refractivity contribution in [2.24, 2.45) is 0 Å². The van der Waals surface area contributed by atoms with Crippen molar-refractivity contribution in [2.75, 3.05) is 30.3 Å². The standard InChI is InChI=1S/C28H33ClN6O3/c1-2-7-21-8-5-6-16-35(21)17-15-30-27(37)24-25(32-18-31-24)28(38)34-20-13-11-19(12-14-20)33-26(36)22-9-3-4-10-23(22)29/h3-4,9-14,18,21H,2,5-8,15-17H2,1H3,(H,30,37)(H,31,32)(H,33,36)(H,34,38). The lowest BCUT2D eigenvalue weighted by molar-refractivity contribution is 0.0917. The fourth-order valence-electron chi connectivity index (χ4n) is 4.73. The molecule has 2 heterocycles. The summed E-state index contributed by atoms with van der Waals surface area (Å²) >= 11 is 6.09. The molecule has 1 unspecified atom stereocenters. The number of H-pyrrole nitrogens is 1. The monoisotopic (exact) mass is 536 g/mol. The summed E-state index contributed by atoms with van der Waals surface area (Å²) in [6.45, 7) is 4.54. The predicted octanol–water partition coefficient (Wildman–Crippen LogP) is 4.95. The van der Waals surface area contributed by atoms with E-state index < -0.39 is 5.91 Å². The number of hydrogen-bond acceptors (Lipinski definition) is 5. The van der Waals surface area contributed by atoms with E-state index in [1.807, 2.05) is 0 Å². The molecule has 0 bridgehead atoms. The van der Waals surface area contributed by atoms with E-state index in [1.54, 1.807) is 48.5 Å². The fraction of sp³-hybridized carbons (Fsp3) is 0.357. The highest BCUT2D eigenvalue weighted by molar-refractivity contribution is 6.34. The van der Waals surface area contributed by atoms with Crippen molar-refractivity contribution >= 4 is 40.7 Å². The van der Waals surface area contributed by atoms with Crippen LogP contribution in [-0.4, -0.2) is 58.3 Å². The smallest absolute Gasteiger partial charge is 0.276 e. The summed E-state index contributed by atoms with van der Waals surface area (Å²) in [5.74, 6) is -1.21. The van der Waals surface area contributed by atoms with Gasteiger partial charge in [0.05, 0.1) is 16.9 Å². The molecule has 0 radical (unpaired) electrons. The highest BCUT2D eigenvalue weighted by Crippen LogP contribution is 2.21. The lowest BCUT2D eigenvalue weighted by Crippen LogP contribution is -2.44. The Morgan fingerprint density at radius 2 is 1.71 bits per heavy atom. The third-order valence-corrected chi connectivity index (χ3v) is 6.99. The molecular weight excluding hydrogens is 504 g/mol. The molecule has 3 aromatic rings. The zero-order valence-electron chi connectivity index (χ0n) is 21.4. The molecule has 0 spiro atoms. The Hall–Kier alpha value is -3.69. The van der Waals surface area contributed by atoms with Gasteiger partial charge in [-0.3, -0.25) is 19.3 Å². The lowest BCUT2D eigenvalue weighted by Gasteiger charge is -2.35. The maximum Gasteiger partial charge on any atom is 0.276 e. The van der Waals surface area contributed by atoms with Crippen LogP contribution in [0.5, 0.6) is 0 Å². The number of carbonyl (C=O) groups is 3. The maximum atomic E-state index is 12.9. The zero-order chi connectivity index (χ0) is 26.9. The maximum absolute atomic E-state index is 12.9. The number of benzene rings is 2. The zero-order valence-corrected chi connectivity index (χ0v) is 22.2. The van der Waals surface area contributed by atoms with Gasteiger partial charge >= 0.3 is 0 Å². The average Bonchev–Trinajstić information content (AvgIpc) is 3.42. The van der Waals surface area contributed by atoms with Gasteiger partial charge < -0.3 is 20.9 Å². The first-order chi connectivity index (χ1) is 18.5. The van der Waals surface area contributed by atoms with Crippen LogP contribution in [0.1, 0.15) is 70.4 Å². The molecule has 1 saturated heterocycles. The predicted molar refractivity (Wildman–Crippen MR) is 149 cm³/mol. The molecule has 200 valence electrons. The van der Waals surface area contributed by atoms with Crippen molar-refractivity contribution < 1.29 is 14.4 Å². The number of likely N-dealkylation sites (tertiary alicyclic amines) is 1. The molecule has 4 N–H and O–H groups in total. The molecule has 38 heavy (non-hydrogen) atoms. The Morgan fingerprint density at radius 3 is 2.42 bits per heavy atom. The van der Waals surface area contributed by atoms with E-state index in [1.165, 1.54) is 32.0 Å². The van der Waals surface area contributed by atoms with Crippen LogP contribution in [0, 0.1) is 0 Å². The van der Waals surface area contributed by atoms with Gasteiger partial charge in [-0.05, 0) is 62.2 Å². The number of carbonyl (C=O) groups excluding carboxylic acids is 3. The van der Waals surface area contributed by atoms with Gasteiger partial charge in [0.2, 0.25) is 0 Å². The number of imidazole rings is 1. The van der Waals surface area contributed by atoms with Crippen LogP contribution in [0.25, 0.3) is 0 Å². The normalized spacial score (nSPS) is 15.6. The molecule has 9 nitrogen and oxygen atoms in total. The fourth-order valence-corrected chi connectivity index (χ4v) is 4.95. The Labute approximate surface area is 227 Å². The van der Waals surface area contributed by atoms with Crippen LogP contribution in [0.15, 0.2) is 54.9 Å². The molecule has 1 aliphatic heterocycles. The summed E-state index contributed by atoms with van der Waals surface area (Å²) in [5, 5.41) is 8.80. The minimum absolute atomic E-state index is 0.0143. The van der Waals surface area contributed by atoms with E-state index in [9.17, 15) is 14.4 Å². The van der Waals surface area contributed by atoms with E-state index >= 15 is 0 Å². The lowest BCUT2D eigenvalue weighted by atomic mass is 9.98. The molecule has 1 aromatic heterocycles. The van der Waals surface area contributed by atoms with Crippen LogP contribution >= 0.6 is 11.6 Å². The first-order valence-corrected chi connectivity index (χ1v) is 13.4. The van der Waals surface area contributed by atoms with Crippen molar-refractivity contribution in [1.29, 1.82) is 0 Å². The summed E-state index contributed by atoms with van der Waals surface area (Å²) < 4.78 is 0.